The molecular weight excluding hydrogens is 284 g/mol. The summed E-state index contributed by atoms with van der Waals surface area (Å²) in [5, 5.41) is 3.40. The van der Waals surface area contributed by atoms with Gasteiger partial charge in [-0.3, -0.25) is 4.79 Å². The van der Waals surface area contributed by atoms with Crippen molar-refractivity contribution in [2.45, 2.75) is 38.6 Å². The molecule has 1 aliphatic heterocycles. The first-order chi connectivity index (χ1) is 11.3. The summed E-state index contributed by atoms with van der Waals surface area (Å²) >= 11 is 0. The maximum atomic E-state index is 13.0. The summed E-state index contributed by atoms with van der Waals surface area (Å²) in [7, 11) is 0. The third kappa shape index (κ3) is 3.39. The molecule has 2 aromatic carbocycles. The van der Waals surface area contributed by atoms with Crippen LogP contribution in [0.15, 0.2) is 54.6 Å². The molecule has 0 bridgehead atoms. The van der Waals surface area contributed by atoms with Gasteiger partial charge >= 0.3 is 0 Å². The number of nitrogens with one attached hydrogen (secondary N) is 1. The SMILES string of the molecule is CCCCCCN1C(=O)C(c2ccccc2)Nc2ccccc21. The lowest BCUT2D eigenvalue weighted by Gasteiger charge is -2.35. The van der Waals surface area contributed by atoms with Crippen molar-refractivity contribution in [3.05, 3.63) is 60.2 Å². The van der Waals surface area contributed by atoms with Gasteiger partial charge in [-0.1, -0.05) is 68.7 Å². The minimum Gasteiger partial charge on any atom is -0.368 e. The summed E-state index contributed by atoms with van der Waals surface area (Å²) in [6.45, 7) is 3.00. The Bertz CT molecular complexity index is 654. The van der Waals surface area contributed by atoms with Crippen LogP contribution in [0.2, 0.25) is 0 Å². The van der Waals surface area contributed by atoms with Crippen LogP contribution in [0.1, 0.15) is 44.2 Å². The summed E-state index contributed by atoms with van der Waals surface area (Å²) in [6, 6.07) is 17.8. The number of carbonyl (C=O) groups excluding carboxylic acids is 1. The molecule has 1 heterocycles. The van der Waals surface area contributed by atoms with Gasteiger partial charge in [0.05, 0.1) is 11.4 Å². The van der Waals surface area contributed by atoms with Crippen molar-refractivity contribution in [3.8, 4) is 0 Å². The monoisotopic (exact) mass is 308 g/mol. The van der Waals surface area contributed by atoms with Gasteiger partial charge in [-0.05, 0) is 24.1 Å². The van der Waals surface area contributed by atoms with Gasteiger partial charge in [-0.2, -0.15) is 0 Å². The maximum absolute atomic E-state index is 13.0. The standard InChI is InChI=1S/C20H24N2O/c1-2-3-4-10-15-22-18-14-9-8-13-17(18)21-19(20(22)23)16-11-6-5-7-12-16/h5-9,11-14,19,21H,2-4,10,15H2,1H3. The number of hydrogen-bond donors (Lipinski definition) is 1. The number of benzene rings is 2. The average molecular weight is 308 g/mol. The molecule has 0 saturated carbocycles. The Morgan fingerprint density at radius 1 is 0.957 bits per heavy atom. The first kappa shape index (κ1) is 15.6. The number of hydrogen-bond acceptors (Lipinski definition) is 2. The normalized spacial score (nSPS) is 16.8. The Kier molecular flexibility index (Phi) is 4.96. The number of rotatable bonds is 6. The van der Waals surface area contributed by atoms with Crippen LogP contribution in [0.3, 0.4) is 0 Å². The molecular formula is C20H24N2O. The van der Waals surface area contributed by atoms with E-state index in [1.165, 1.54) is 19.3 Å². The number of unbranched alkanes of at least 4 members (excludes halogenated alkanes) is 3. The van der Waals surface area contributed by atoms with Crippen LogP contribution < -0.4 is 10.2 Å². The largest absolute Gasteiger partial charge is 0.368 e. The van der Waals surface area contributed by atoms with Crippen LogP contribution in [0.4, 0.5) is 11.4 Å². The molecule has 0 aliphatic carbocycles. The molecule has 1 N–H and O–H groups in total. The Balaban J connectivity index is 1.85. The molecule has 1 unspecified atom stereocenters. The number of amides is 1. The summed E-state index contributed by atoms with van der Waals surface area (Å²) in [5.74, 6) is 0.145. The van der Waals surface area contributed by atoms with Crippen molar-refractivity contribution in [2.75, 3.05) is 16.8 Å². The average Bonchev–Trinajstić information content (AvgIpc) is 2.60. The fourth-order valence-corrected chi connectivity index (χ4v) is 3.12. The van der Waals surface area contributed by atoms with Crippen molar-refractivity contribution in [3.63, 3.8) is 0 Å². The van der Waals surface area contributed by atoms with Gasteiger partial charge in [0.25, 0.3) is 5.91 Å². The minimum atomic E-state index is -0.294. The van der Waals surface area contributed by atoms with E-state index in [2.05, 4.69) is 18.3 Å². The second-order valence-electron chi connectivity index (χ2n) is 6.06. The van der Waals surface area contributed by atoms with Gasteiger partial charge in [-0.25, -0.2) is 0 Å². The Hall–Kier alpha value is -2.29. The number of nitrogens with zero attached hydrogens (tertiary/aromatic N) is 1. The Morgan fingerprint density at radius 3 is 2.48 bits per heavy atom. The molecule has 0 saturated heterocycles. The fraction of sp³-hybridized carbons (Fsp3) is 0.350. The van der Waals surface area contributed by atoms with E-state index in [1.807, 2.05) is 53.4 Å². The van der Waals surface area contributed by atoms with Gasteiger partial charge in [0.1, 0.15) is 6.04 Å². The zero-order valence-electron chi connectivity index (χ0n) is 13.7. The third-order valence-electron chi connectivity index (χ3n) is 4.38. The second kappa shape index (κ2) is 7.32. The molecule has 3 heteroatoms. The molecule has 23 heavy (non-hydrogen) atoms. The molecule has 2 aromatic rings. The van der Waals surface area contributed by atoms with Gasteiger partial charge in [0, 0.05) is 6.54 Å². The molecule has 0 fully saturated rings. The fourth-order valence-electron chi connectivity index (χ4n) is 3.12. The topological polar surface area (TPSA) is 32.3 Å². The van der Waals surface area contributed by atoms with E-state index in [4.69, 9.17) is 0 Å². The van der Waals surface area contributed by atoms with Crippen molar-refractivity contribution < 1.29 is 4.79 Å². The van der Waals surface area contributed by atoms with E-state index in [0.29, 0.717) is 0 Å². The van der Waals surface area contributed by atoms with E-state index in [1.54, 1.807) is 0 Å². The predicted octanol–water partition coefficient (Wildman–Crippen LogP) is 4.77. The van der Waals surface area contributed by atoms with E-state index >= 15 is 0 Å². The van der Waals surface area contributed by atoms with Gasteiger partial charge < -0.3 is 10.2 Å². The van der Waals surface area contributed by atoms with Gasteiger partial charge in [0.15, 0.2) is 0 Å². The quantitative estimate of drug-likeness (QED) is 0.780. The molecule has 120 valence electrons. The van der Waals surface area contributed by atoms with Crippen molar-refractivity contribution in [1.29, 1.82) is 0 Å². The predicted molar refractivity (Wildman–Crippen MR) is 95.7 cm³/mol. The number of carbonyl (C=O) groups is 1. The Labute approximate surface area is 138 Å². The van der Waals surface area contributed by atoms with Crippen LogP contribution in [-0.4, -0.2) is 12.5 Å². The first-order valence-electron chi connectivity index (χ1n) is 8.53. The molecule has 1 aliphatic rings. The van der Waals surface area contributed by atoms with E-state index in [9.17, 15) is 4.79 Å². The van der Waals surface area contributed by atoms with Crippen LogP contribution in [0, 0.1) is 0 Å². The van der Waals surface area contributed by atoms with Crippen LogP contribution in [0.25, 0.3) is 0 Å². The summed E-state index contributed by atoms with van der Waals surface area (Å²) in [5.41, 5.74) is 3.06. The molecule has 3 nitrogen and oxygen atoms in total. The lowest BCUT2D eigenvalue weighted by atomic mass is 10.0. The highest BCUT2D eigenvalue weighted by atomic mass is 16.2. The lowest BCUT2D eigenvalue weighted by Crippen LogP contribution is -2.42. The number of anilines is 2. The maximum Gasteiger partial charge on any atom is 0.254 e. The van der Waals surface area contributed by atoms with Crippen molar-refractivity contribution >= 4 is 17.3 Å². The highest BCUT2D eigenvalue weighted by Gasteiger charge is 2.32. The molecule has 0 radical (unpaired) electrons. The van der Waals surface area contributed by atoms with Crippen molar-refractivity contribution in [2.24, 2.45) is 0 Å². The second-order valence-corrected chi connectivity index (χ2v) is 6.06. The highest BCUT2D eigenvalue weighted by Crippen LogP contribution is 2.36. The zero-order chi connectivity index (χ0) is 16.1. The van der Waals surface area contributed by atoms with E-state index < -0.39 is 0 Å². The zero-order valence-corrected chi connectivity index (χ0v) is 13.7. The number of fused-ring (bicyclic) bond motifs is 1. The van der Waals surface area contributed by atoms with Gasteiger partial charge in [-0.15, -0.1) is 0 Å². The molecule has 1 amide bonds. The smallest absolute Gasteiger partial charge is 0.254 e. The minimum absolute atomic E-state index is 0.145. The third-order valence-corrected chi connectivity index (χ3v) is 4.38. The molecule has 0 spiro atoms. The molecule has 1 atom stereocenters. The molecule has 0 aromatic heterocycles. The highest BCUT2D eigenvalue weighted by molar-refractivity contribution is 6.05. The van der Waals surface area contributed by atoms with Crippen molar-refractivity contribution in [1.82, 2.24) is 0 Å². The first-order valence-corrected chi connectivity index (χ1v) is 8.53. The van der Waals surface area contributed by atoms with E-state index in [0.717, 1.165) is 29.9 Å². The Morgan fingerprint density at radius 2 is 1.70 bits per heavy atom. The van der Waals surface area contributed by atoms with E-state index in [-0.39, 0.29) is 11.9 Å². The number of para-hydroxylation sites is 2. The summed E-state index contributed by atoms with van der Waals surface area (Å²) in [4.78, 5) is 15.0. The van der Waals surface area contributed by atoms with Crippen LogP contribution >= 0.6 is 0 Å². The summed E-state index contributed by atoms with van der Waals surface area (Å²) in [6.07, 6.45) is 4.66. The van der Waals surface area contributed by atoms with Crippen LogP contribution in [-0.2, 0) is 4.79 Å². The summed E-state index contributed by atoms with van der Waals surface area (Å²) < 4.78 is 0. The lowest BCUT2D eigenvalue weighted by molar-refractivity contribution is -0.119. The molecule has 3 rings (SSSR count). The van der Waals surface area contributed by atoms with Gasteiger partial charge in [0.2, 0.25) is 0 Å². The van der Waals surface area contributed by atoms with Crippen LogP contribution in [0.5, 0.6) is 0 Å².